The predicted octanol–water partition coefficient (Wildman–Crippen LogP) is -0.106. The third-order valence-corrected chi connectivity index (χ3v) is 3.18. The lowest BCUT2D eigenvalue weighted by molar-refractivity contribution is -0.124. The summed E-state index contributed by atoms with van der Waals surface area (Å²) >= 11 is 5.87. The fraction of sp³-hybridized carbons (Fsp3) is 0.455. The number of nitrogens with zero attached hydrogens (tertiary/aromatic N) is 3. The van der Waals surface area contributed by atoms with Crippen LogP contribution in [0, 0.1) is 0 Å². The Morgan fingerprint density at radius 2 is 2.42 bits per heavy atom. The van der Waals surface area contributed by atoms with Gasteiger partial charge in [0.25, 0.3) is 0 Å². The summed E-state index contributed by atoms with van der Waals surface area (Å²) in [5.74, 6) is 0.151. The molecule has 1 saturated heterocycles. The highest BCUT2D eigenvalue weighted by atomic mass is 35.5. The van der Waals surface area contributed by atoms with E-state index in [0.717, 1.165) is 0 Å². The smallest absolute Gasteiger partial charge is 0.244 e. The van der Waals surface area contributed by atoms with Gasteiger partial charge in [-0.3, -0.25) is 9.59 Å². The molecule has 1 amide bonds. The molecule has 1 N–H and O–H groups in total. The molecule has 1 aliphatic heterocycles. The largest absolute Gasteiger partial charge is 0.377 e. The van der Waals surface area contributed by atoms with Gasteiger partial charge in [0.1, 0.15) is 23.3 Å². The molecule has 0 spiro atoms. The first-order chi connectivity index (χ1) is 9.19. The molecular formula is C11H13ClN4O3. The zero-order chi connectivity index (χ0) is 13.8. The molecule has 0 aromatic carbocycles. The summed E-state index contributed by atoms with van der Waals surface area (Å²) < 4.78 is 5.29. The molecule has 102 valence electrons. The van der Waals surface area contributed by atoms with Crippen LogP contribution < -0.4 is 10.2 Å². The number of hydrogen-bond acceptors (Lipinski definition) is 6. The Kier molecular flexibility index (Phi) is 4.28. The minimum Gasteiger partial charge on any atom is -0.377 e. The van der Waals surface area contributed by atoms with Crippen molar-refractivity contribution in [2.75, 3.05) is 31.7 Å². The highest BCUT2D eigenvalue weighted by Gasteiger charge is 2.31. The monoisotopic (exact) mass is 284 g/mol. The minimum absolute atomic E-state index is 0.0714. The summed E-state index contributed by atoms with van der Waals surface area (Å²) in [5, 5.41) is 2.63. The number of amides is 1. The Balaban J connectivity index is 2.40. The van der Waals surface area contributed by atoms with E-state index in [0.29, 0.717) is 25.3 Å². The molecule has 1 aromatic heterocycles. The van der Waals surface area contributed by atoms with Gasteiger partial charge in [-0.25, -0.2) is 9.97 Å². The number of hydrogen-bond donors (Lipinski definition) is 1. The van der Waals surface area contributed by atoms with E-state index in [-0.39, 0.29) is 23.2 Å². The van der Waals surface area contributed by atoms with Gasteiger partial charge in [0.05, 0.1) is 18.8 Å². The lowest BCUT2D eigenvalue weighted by Gasteiger charge is -2.35. The summed E-state index contributed by atoms with van der Waals surface area (Å²) in [6, 6.07) is -0.539. The predicted molar refractivity (Wildman–Crippen MR) is 68.4 cm³/mol. The molecule has 1 unspecified atom stereocenters. The normalized spacial score (nSPS) is 19.1. The molecule has 1 atom stereocenters. The lowest BCUT2D eigenvalue weighted by atomic mass is 10.2. The van der Waals surface area contributed by atoms with E-state index in [1.165, 1.54) is 6.33 Å². The number of nitrogens with one attached hydrogen (secondary N) is 1. The van der Waals surface area contributed by atoms with Crippen LogP contribution in [0.5, 0.6) is 0 Å². The van der Waals surface area contributed by atoms with Gasteiger partial charge in [-0.1, -0.05) is 11.6 Å². The SMILES string of the molecule is CNC(=O)C1COCCN1c1ncnc(Cl)c1C=O. The maximum absolute atomic E-state index is 11.8. The Hall–Kier alpha value is -1.73. The van der Waals surface area contributed by atoms with E-state index < -0.39 is 6.04 Å². The molecule has 0 aliphatic carbocycles. The van der Waals surface area contributed by atoms with Crippen LogP contribution in [0.15, 0.2) is 6.33 Å². The fourth-order valence-corrected chi connectivity index (χ4v) is 2.11. The van der Waals surface area contributed by atoms with Crippen molar-refractivity contribution in [2.45, 2.75) is 6.04 Å². The first kappa shape index (κ1) is 13.7. The number of carbonyl (C=O) groups excluding carboxylic acids is 2. The number of likely N-dealkylation sites (N-methyl/N-ethyl adjacent to an activating group) is 1. The van der Waals surface area contributed by atoms with Gasteiger partial charge in [0.2, 0.25) is 5.91 Å². The topological polar surface area (TPSA) is 84.4 Å². The summed E-state index contributed by atoms with van der Waals surface area (Å²) in [4.78, 5) is 32.5. The molecule has 7 nitrogen and oxygen atoms in total. The van der Waals surface area contributed by atoms with Crippen molar-refractivity contribution in [1.29, 1.82) is 0 Å². The minimum atomic E-state index is -0.539. The van der Waals surface area contributed by atoms with Crippen molar-refractivity contribution < 1.29 is 14.3 Å². The molecule has 1 aliphatic rings. The van der Waals surface area contributed by atoms with Crippen molar-refractivity contribution in [3.8, 4) is 0 Å². The summed E-state index contributed by atoms with van der Waals surface area (Å²) in [7, 11) is 1.54. The van der Waals surface area contributed by atoms with Gasteiger partial charge in [-0.05, 0) is 0 Å². The zero-order valence-corrected chi connectivity index (χ0v) is 11.1. The Bertz CT molecular complexity index is 497. The number of anilines is 1. The van der Waals surface area contributed by atoms with Crippen LogP contribution in [0.1, 0.15) is 10.4 Å². The number of aromatic nitrogens is 2. The highest BCUT2D eigenvalue weighted by molar-refractivity contribution is 6.32. The number of rotatable bonds is 3. The van der Waals surface area contributed by atoms with Gasteiger partial charge >= 0.3 is 0 Å². The van der Waals surface area contributed by atoms with E-state index in [1.807, 2.05) is 0 Å². The second kappa shape index (κ2) is 5.94. The average Bonchev–Trinajstić information content (AvgIpc) is 2.46. The number of aldehydes is 1. The van der Waals surface area contributed by atoms with Crippen molar-refractivity contribution in [2.24, 2.45) is 0 Å². The highest BCUT2D eigenvalue weighted by Crippen LogP contribution is 2.24. The van der Waals surface area contributed by atoms with E-state index in [1.54, 1.807) is 11.9 Å². The molecule has 0 radical (unpaired) electrons. The van der Waals surface area contributed by atoms with Crippen LogP contribution in [-0.4, -0.2) is 55.0 Å². The van der Waals surface area contributed by atoms with Crippen molar-refractivity contribution in [1.82, 2.24) is 15.3 Å². The standard InChI is InChI=1S/C11H13ClN4O3/c1-13-11(18)8-5-19-3-2-16(8)10-7(4-17)9(12)14-6-15-10/h4,6,8H,2-3,5H2,1H3,(H,13,18). The third kappa shape index (κ3) is 2.66. The number of carbonyl (C=O) groups is 2. The molecule has 1 aromatic rings. The molecular weight excluding hydrogens is 272 g/mol. The quantitative estimate of drug-likeness (QED) is 0.616. The van der Waals surface area contributed by atoms with E-state index in [2.05, 4.69) is 15.3 Å². The van der Waals surface area contributed by atoms with Gasteiger partial charge in [0, 0.05) is 13.6 Å². The van der Waals surface area contributed by atoms with Crippen molar-refractivity contribution in [3.05, 3.63) is 17.0 Å². The van der Waals surface area contributed by atoms with Crippen LogP contribution in [-0.2, 0) is 9.53 Å². The van der Waals surface area contributed by atoms with Gasteiger partial charge in [-0.2, -0.15) is 0 Å². The molecule has 2 heterocycles. The van der Waals surface area contributed by atoms with Gasteiger partial charge in [0.15, 0.2) is 6.29 Å². The molecule has 0 saturated carbocycles. The van der Waals surface area contributed by atoms with Gasteiger partial charge in [-0.15, -0.1) is 0 Å². The molecule has 2 rings (SSSR count). The summed E-state index contributed by atoms with van der Waals surface area (Å²) in [5.41, 5.74) is 0.181. The van der Waals surface area contributed by atoms with Gasteiger partial charge < -0.3 is 15.0 Å². The van der Waals surface area contributed by atoms with Crippen LogP contribution in [0.4, 0.5) is 5.82 Å². The molecule has 19 heavy (non-hydrogen) atoms. The van der Waals surface area contributed by atoms with E-state index in [9.17, 15) is 9.59 Å². The van der Waals surface area contributed by atoms with E-state index in [4.69, 9.17) is 16.3 Å². The van der Waals surface area contributed by atoms with Crippen LogP contribution in [0.2, 0.25) is 5.15 Å². The second-order valence-electron chi connectivity index (χ2n) is 3.92. The molecule has 8 heteroatoms. The van der Waals surface area contributed by atoms with Crippen LogP contribution in [0.3, 0.4) is 0 Å². The van der Waals surface area contributed by atoms with Crippen LogP contribution in [0.25, 0.3) is 0 Å². The fourth-order valence-electron chi connectivity index (χ4n) is 1.94. The van der Waals surface area contributed by atoms with Crippen LogP contribution >= 0.6 is 11.6 Å². The van der Waals surface area contributed by atoms with Crippen molar-refractivity contribution >= 4 is 29.6 Å². The third-order valence-electron chi connectivity index (χ3n) is 2.88. The lowest BCUT2D eigenvalue weighted by Crippen LogP contribution is -2.54. The Labute approximate surface area is 114 Å². The Morgan fingerprint density at radius 3 is 3.11 bits per heavy atom. The molecule has 0 bridgehead atoms. The molecule has 1 fully saturated rings. The van der Waals surface area contributed by atoms with Crippen molar-refractivity contribution in [3.63, 3.8) is 0 Å². The average molecular weight is 285 g/mol. The van der Waals surface area contributed by atoms with E-state index >= 15 is 0 Å². The number of ether oxygens (including phenoxy) is 1. The first-order valence-electron chi connectivity index (χ1n) is 5.70. The summed E-state index contributed by atoms with van der Waals surface area (Å²) in [6.45, 7) is 1.14. The Morgan fingerprint density at radius 1 is 1.63 bits per heavy atom. The maximum atomic E-state index is 11.8. The second-order valence-corrected chi connectivity index (χ2v) is 4.28. The number of halogens is 1. The first-order valence-corrected chi connectivity index (χ1v) is 6.08. The number of morpholine rings is 1. The summed E-state index contributed by atoms with van der Waals surface area (Å²) in [6.07, 6.45) is 1.86. The maximum Gasteiger partial charge on any atom is 0.244 e. The zero-order valence-electron chi connectivity index (χ0n) is 10.3.